The number of nitrogens with one attached hydrogen (secondary N) is 1. The van der Waals surface area contributed by atoms with Gasteiger partial charge in [0.25, 0.3) is 0 Å². The first-order chi connectivity index (χ1) is 5.90. The van der Waals surface area contributed by atoms with Crippen molar-refractivity contribution in [2.24, 2.45) is 0 Å². The van der Waals surface area contributed by atoms with E-state index in [0.29, 0.717) is 12.5 Å². The highest BCUT2D eigenvalue weighted by atomic mass is 16.5. The second kappa shape index (κ2) is 2.89. The van der Waals surface area contributed by atoms with Crippen molar-refractivity contribution < 1.29 is 9.47 Å². The fourth-order valence-corrected chi connectivity index (χ4v) is 1.14. The van der Waals surface area contributed by atoms with Gasteiger partial charge in [0.1, 0.15) is 6.61 Å². The lowest BCUT2D eigenvalue weighted by Gasteiger charge is -2.18. The molecule has 1 aromatic rings. The summed E-state index contributed by atoms with van der Waals surface area (Å²) in [5, 5.41) is 3.19. The van der Waals surface area contributed by atoms with Crippen molar-refractivity contribution in [2.45, 2.75) is 0 Å². The average molecular weight is 166 g/mol. The molecular formula is C8H10N2O2. The van der Waals surface area contributed by atoms with Crippen LogP contribution in [0, 0.1) is 0 Å². The summed E-state index contributed by atoms with van der Waals surface area (Å²) in [4.78, 5) is 4.02. The largest absolute Gasteiger partial charge is 0.488 e. The molecule has 1 aromatic heterocycles. The van der Waals surface area contributed by atoms with Crippen molar-refractivity contribution in [2.75, 3.05) is 25.6 Å². The summed E-state index contributed by atoms with van der Waals surface area (Å²) in [6.45, 7) is 1.53. The van der Waals surface area contributed by atoms with Crippen LogP contribution < -0.4 is 14.8 Å². The first-order valence-corrected chi connectivity index (χ1v) is 3.81. The highest BCUT2D eigenvalue weighted by Crippen LogP contribution is 2.28. The predicted molar refractivity (Wildman–Crippen MR) is 44.8 cm³/mol. The number of methoxy groups -OCH3 is 1. The van der Waals surface area contributed by atoms with Crippen LogP contribution in [0.1, 0.15) is 0 Å². The predicted octanol–water partition coefficient (Wildman–Crippen LogP) is 0.894. The number of nitrogens with zero attached hydrogens (tertiary/aromatic N) is 1. The molecule has 0 saturated carbocycles. The zero-order chi connectivity index (χ0) is 8.39. The maximum atomic E-state index is 5.34. The first kappa shape index (κ1) is 7.21. The molecule has 0 spiro atoms. The fourth-order valence-electron chi connectivity index (χ4n) is 1.14. The Kier molecular flexibility index (Phi) is 1.74. The van der Waals surface area contributed by atoms with Gasteiger partial charge in [-0.15, -0.1) is 0 Å². The third kappa shape index (κ3) is 1.15. The van der Waals surface area contributed by atoms with Gasteiger partial charge in [-0.1, -0.05) is 0 Å². The van der Waals surface area contributed by atoms with Gasteiger partial charge in [0.15, 0.2) is 5.75 Å². The molecule has 64 valence electrons. The molecule has 2 heterocycles. The van der Waals surface area contributed by atoms with E-state index in [1.165, 1.54) is 0 Å². The van der Waals surface area contributed by atoms with Gasteiger partial charge in [0.2, 0.25) is 5.88 Å². The monoisotopic (exact) mass is 166 g/mol. The molecule has 4 nitrogen and oxygen atoms in total. The zero-order valence-electron chi connectivity index (χ0n) is 6.83. The number of pyridine rings is 1. The van der Waals surface area contributed by atoms with E-state index in [9.17, 15) is 0 Å². The Hall–Kier alpha value is -1.45. The summed E-state index contributed by atoms with van der Waals surface area (Å²) >= 11 is 0. The van der Waals surface area contributed by atoms with E-state index in [2.05, 4.69) is 10.3 Å². The van der Waals surface area contributed by atoms with E-state index in [1.54, 1.807) is 13.3 Å². The molecule has 0 saturated heterocycles. The topological polar surface area (TPSA) is 43.4 Å². The van der Waals surface area contributed by atoms with E-state index >= 15 is 0 Å². The Bertz CT molecular complexity index is 288. The lowest BCUT2D eigenvalue weighted by molar-refractivity contribution is 0.319. The molecule has 1 aliphatic rings. The third-order valence-electron chi connectivity index (χ3n) is 1.73. The summed E-state index contributed by atoms with van der Waals surface area (Å²) < 4.78 is 10.3. The van der Waals surface area contributed by atoms with Gasteiger partial charge in [-0.25, -0.2) is 4.98 Å². The summed E-state index contributed by atoms with van der Waals surface area (Å²) in [6.07, 6.45) is 1.67. The average Bonchev–Trinajstić information content (AvgIpc) is 2.17. The molecule has 0 aliphatic carbocycles. The number of hydrogen-bond donors (Lipinski definition) is 1. The van der Waals surface area contributed by atoms with Crippen LogP contribution in [0.2, 0.25) is 0 Å². The number of ether oxygens (including phenoxy) is 2. The normalized spacial score (nSPS) is 14.1. The minimum atomic E-state index is 0.603. The van der Waals surface area contributed by atoms with Gasteiger partial charge in [-0.05, 0) is 0 Å². The van der Waals surface area contributed by atoms with Crippen LogP contribution in [0.25, 0.3) is 0 Å². The Labute approximate surface area is 70.5 Å². The van der Waals surface area contributed by atoms with Crippen LogP contribution in [0.5, 0.6) is 11.6 Å². The lowest BCUT2D eigenvalue weighted by atomic mass is 10.3. The van der Waals surface area contributed by atoms with Crippen molar-refractivity contribution in [1.29, 1.82) is 0 Å². The number of aromatic nitrogens is 1. The van der Waals surface area contributed by atoms with E-state index in [-0.39, 0.29) is 0 Å². The van der Waals surface area contributed by atoms with Crippen molar-refractivity contribution in [3.63, 3.8) is 0 Å². The highest BCUT2D eigenvalue weighted by Gasteiger charge is 2.10. The lowest BCUT2D eigenvalue weighted by Crippen LogP contribution is -2.18. The quantitative estimate of drug-likeness (QED) is 0.673. The Balaban J connectivity index is 2.36. The van der Waals surface area contributed by atoms with Gasteiger partial charge < -0.3 is 14.8 Å². The molecule has 4 heteroatoms. The van der Waals surface area contributed by atoms with Crippen LogP contribution in [0.4, 0.5) is 5.69 Å². The number of fused-ring (bicyclic) bond motifs is 1. The molecule has 1 N–H and O–H groups in total. The van der Waals surface area contributed by atoms with Crippen molar-refractivity contribution >= 4 is 5.69 Å². The van der Waals surface area contributed by atoms with E-state index < -0.39 is 0 Å². The van der Waals surface area contributed by atoms with Gasteiger partial charge in [-0.2, -0.15) is 0 Å². The minimum absolute atomic E-state index is 0.603. The molecule has 1 aliphatic heterocycles. The van der Waals surface area contributed by atoms with Crippen LogP contribution in [0.3, 0.4) is 0 Å². The first-order valence-electron chi connectivity index (χ1n) is 3.81. The molecule has 0 aromatic carbocycles. The SMILES string of the molecule is COc1cc2c(cn1)OCCN2. The van der Waals surface area contributed by atoms with Gasteiger partial charge in [0, 0.05) is 12.6 Å². The molecule has 2 rings (SSSR count). The summed E-state index contributed by atoms with van der Waals surface area (Å²) in [7, 11) is 1.60. The second-order valence-electron chi connectivity index (χ2n) is 2.50. The van der Waals surface area contributed by atoms with Gasteiger partial charge in [0.05, 0.1) is 19.0 Å². The van der Waals surface area contributed by atoms with Crippen molar-refractivity contribution in [3.8, 4) is 11.6 Å². The zero-order valence-corrected chi connectivity index (χ0v) is 6.83. The molecule has 0 bridgehead atoms. The molecule has 0 fully saturated rings. The van der Waals surface area contributed by atoms with Crippen LogP contribution in [0.15, 0.2) is 12.3 Å². The van der Waals surface area contributed by atoms with Crippen molar-refractivity contribution in [1.82, 2.24) is 4.98 Å². The molecule has 0 amide bonds. The summed E-state index contributed by atoms with van der Waals surface area (Å²) in [5.41, 5.74) is 0.952. The van der Waals surface area contributed by atoms with Crippen LogP contribution in [-0.2, 0) is 0 Å². The molecular weight excluding hydrogens is 156 g/mol. The highest BCUT2D eigenvalue weighted by molar-refractivity contribution is 5.58. The van der Waals surface area contributed by atoms with Crippen LogP contribution >= 0.6 is 0 Å². The molecule has 0 radical (unpaired) electrons. The van der Waals surface area contributed by atoms with E-state index in [4.69, 9.17) is 9.47 Å². The summed E-state index contributed by atoms with van der Waals surface area (Å²) in [6, 6.07) is 1.83. The maximum absolute atomic E-state index is 5.34. The maximum Gasteiger partial charge on any atom is 0.215 e. The minimum Gasteiger partial charge on any atom is -0.488 e. The smallest absolute Gasteiger partial charge is 0.215 e. The second-order valence-corrected chi connectivity index (χ2v) is 2.50. The number of hydrogen-bond acceptors (Lipinski definition) is 4. The number of anilines is 1. The standard InChI is InChI=1S/C8H10N2O2/c1-11-8-4-6-7(5-10-8)12-3-2-9-6/h4-5,9H,2-3H2,1H3. The van der Waals surface area contributed by atoms with E-state index in [0.717, 1.165) is 18.0 Å². The van der Waals surface area contributed by atoms with E-state index in [1.807, 2.05) is 6.07 Å². The van der Waals surface area contributed by atoms with Gasteiger partial charge >= 0.3 is 0 Å². The molecule has 0 unspecified atom stereocenters. The Morgan fingerprint density at radius 3 is 3.42 bits per heavy atom. The fraction of sp³-hybridized carbons (Fsp3) is 0.375. The van der Waals surface area contributed by atoms with Crippen LogP contribution in [-0.4, -0.2) is 25.2 Å². The summed E-state index contributed by atoms with van der Waals surface area (Å²) in [5.74, 6) is 1.40. The number of rotatable bonds is 1. The Morgan fingerprint density at radius 2 is 2.58 bits per heavy atom. The third-order valence-corrected chi connectivity index (χ3v) is 1.73. The Morgan fingerprint density at radius 1 is 1.67 bits per heavy atom. The van der Waals surface area contributed by atoms with Gasteiger partial charge in [-0.3, -0.25) is 0 Å². The molecule has 12 heavy (non-hydrogen) atoms. The van der Waals surface area contributed by atoms with Crippen molar-refractivity contribution in [3.05, 3.63) is 12.3 Å². The molecule has 0 atom stereocenters.